The van der Waals surface area contributed by atoms with Crippen molar-refractivity contribution in [3.8, 4) is 0 Å². The molecule has 0 heterocycles. The van der Waals surface area contributed by atoms with E-state index in [-0.39, 0.29) is 5.41 Å². The van der Waals surface area contributed by atoms with E-state index in [1.54, 1.807) is 0 Å². The molecule has 0 bridgehead atoms. The van der Waals surface area contributed by atoms with Gasteiger partial charge in [-0.15, -0.1) is 0 Å². The van der Waals surface area contributed by atoms with Crippen LogP contribution in [-0.4, -0.2) is 11.3 Å². The molecule has 2 heteroatoms. The number of rotatable bonds is 7. The van der Waals surface area contributed by atoms with Crippen LogP contribution in [0.25, 0.3) is 10.8 Å². The molecule has 0 saturated heterocycles. The lowest BCUT2D eigenvalue weighted by atomic mass is 9.78. The highest BCUT2D eigenvalue weighted by Crippen LogP contribution is 2.32. The van der Waals surface area contributed by atoms with E-state index in [4.69, 9.17) is 0 Å². The Morgan fingerprint density at radius 3 is 2.41 bits per heavy atom. The monoisotopic (exact) mass is 299 g/mol. The molecular weight excluding hydrogens is 270 g/mol. The highest BCUT2D eigenvalue weighted by Gasteiger charge is 2.31. The molecule has 0 saturated carbocycles. The Balaban J connectivity index is 2.03. The molecule has 2 N–H and O–H groups in total. The minimum absolute atomic E-state index is 0.0784. The molecule has 120 valence electrons. The predicted octanol–water partition coefficient (Wildman–Crippen LogP) is 4.71. The molecule has 2 aromatic rings. The Kier molecular flexibility index (Phi) is 5.60. The van der Waals surface area contributed by atoms with Crippen molar-refractivity contribution in [3.05, 3.63) is 48.0 Å². The zero-order chi connectivity index (χ0) is 16.2. The van der Waals surface area contributed by atoms with Crippen LogP contribution >= 0.6 is 0 Å². The van der Waals surface area contributed by atoms with Crippen LogP contribution in [0.4, 0.5) is 0 Å². The molecular formula is C20H29NO. The summed E-state index contributed by atoms with van der Waals surface area (Å²) in [5, 5.41) is 16.4. The highest BCUT2D eigenvalue weighted by atomic mass is 16.3. The van der Waals surface area contributed by atoms with Gasteiger partial charge >= 0.3 is 0 Å². The van der Waals surface area contributed by atoms with Gasteiger partial charge in [0, 0.05) is 12.0 Å². The van der Waals surface area contributed by atoms with Crippen molar-refractivity contribution in [2.45, 2.75) is 53.3 Å². The molecule has 0 aromatic heterocycles. The maximum Gasteiger partial charge on any atom is 0.110 e. The second kappa shape index (κ2) is 7.26. The van der Waals surface area contributed by atoms with E-state index >= 15 is 0 Å². The quantitative estimate of drug-likeness (QED) is 0.726. The van der Waals surface area contributed by atoms with E-state index in [2.05, 4.69) is 75.5 Å². The lowest BCUT2D eigenvalue weighted by Gasteiger charge is -2.35. The van der Waals surface area contributed by atoms with Gasteiger partial charge in [0.1, 0.15) is 6.23 Å². The molecule has 0 amide bonds. The van der Waals surface area contributed by atoms with Crippen molar-refractivity contribution < 1.29 is 5.11 Å². The first-order chi connectivity index (χ1) is 10.4. The summed E-state index contributed by atoms with van der Waals surface area (Å²) in [7, 11) is 0. The maximum absolute atomic E-state index is 10.6. The second-order valence-corrected chi connectivity index (χ2v) is 7.07. The maximum atomic E-state index is 10.6. The minimum Gasteiger partial charge on any atom is -0.378 e. The van der Waals surface area contributed by atoms with Crippen LogP contribution in [0.2, 0.25) is 0 Å². The largest absolute Gasteiger partial charge is 0.378 e. The Hall–Kier alpha value is -1.38. The standard InChI is InChI=1S/C20H29NO/c1-5-20(4,13-15(2)3)19(22)21-14-16-10-11-17-8-6-7-9-18(17)12-16/h6-12,15,19,21-22H,5,13-14H2,1-4H3. The van der Waals surface area contributed by atoms with Gasteiger partial charge in [0.25, 0.3) is 0 Å². The Bertz CT molecular complexity index is 607. The fraction of sp³-hybridized carbons (Fsp3) is 0.500. The molecule has 22 heavy (non-hydrogen) atoms. The summed E-state index contributed by atoms with van der Waals surface area (Å²) in [6, 6.07) is 14.8. The molecule has 2 rings (SSSR count). The third-order valence-electron chi connectivity index (χ3n) is 4.66. The summed E-state index contributed by atoms with van der Waals surface area (Å²) in [5.74, 6) is 0.585. The average Bonchev–Trinajstić information content (AvgIpc) is 2.51. The number of fused-ring (bicyclic) bond motifs is 1. The van der Waals surface area contributed by atoms with Crippen molar-refractivity contribution in [3.63, 3.8) is 0 Å². The Morgan fingerprint density at radius 2 is 1.77 bits per heavy atom. The fourth-order valence-corrected chi connectivity index (χ4v) is 3.19. The molecule has 2 aromatic carbocycles. The summed E-state index contributed by atoms with van der Waals surface area (Å²) in [6.07, 6.45) is 1.51. The molecule has 2 atom stereocenters. The van der Waals surface area contributed by atoms with Gasteiger partial charge in [-0.2, -0.15) is 0 Å². The smallest absolute Gasteiger partial charge is 0.110 e. The first kappa shape index (κ1) is 17.0. The third-order valence-corrected chi connectivity index (χ3v) is 4.66. The number of hydrogen-bond acceptors (Lipinski definition) is 2. The summed E-state index contributed by atoms with van der Waals surface area (Å²) >= 11 is 0. The average molecular weight is 299 g/mol. The van der Waals surface area contributed by atoms with E-state index in [0.717, 1.165) is 12.8 Å². The van der Waals surface area contributed by atoms with Gasteiger partial charge in [0.05, 0.1) is 0 Å². The fourth-order valence-electron chi connectivity index (χ4n) is 3.19. The van der Waals surface area contributed by atoms with Crippen LogP contribution in [0.15, 0.2) is 42.5 Å². The summed E-state index contributed by atoms with van der Waals surface area (Å²) in [4.78, 5) is 0. The van der Waals surface area contributed by atoms with Gasteiger partial charge in [-0.25, -0.2) is 0 Å². The number of hydrogen-bond donors (Lipinski definition) is 2. The van der Waals surface area contributed by atoms with Gasteiger partial charge in [0.15, 0.2) is 0 Å². The van der Waals surface area contributed by atoms with Crippen LogP contribution in [-0.2, 0) is 6.54 Å². The van der Waals surface area contributed by atoms with E-state index in [0.29, 0.717) is 12.5 Å². The van der Waals surface area contributed by atoms with Crippen LogP contribution in [0, 0.1) is 11.3 Å². The lowest BCUT2D eigenvalue weighted by molar-refractivity contribution is -0.00747. The summed E-state index contributed by atoms with van der Waals surface area (Å²) < 4.78 is 0. The molecule has 0 radical (unpaired) electrons. The van der Waals surface area contributed by atoms with Gasteiger partial charge in [-0.05, 0) is 41.2 Å². The molecule has 0 spiro atoms. The van der Waals surface area contributed by atoms with E-state index in [1.165, 1.54) is 16.3 Å². The van der Waals surface area contributed by atoms with Crippen molar-refractivity contribution in [2.75, 3.05) is 0 Å². The molecule has 0 aliphatic heterocycles. The molecule has 2 nitrogen and oxygen atoms in total. The third kappa shape index (κ3) is 4.08. The van der Waals surface area contributed by atoms with Gasteiger partial charge < -0.3 is 5.11 Å². The highest BCUT2D eigenvalue weighted by molar-refractivity contribution is 5.82. The number of benzene rings is 2. The molecule has 0 aliphatic carbocycles. The molecule has 0 fully saturated rings. The van der Waals surface area contributed by atoms with Crippen molar-refractivity contribution in [2.24, 2.45) is 11.3 Å². The lowest BCUT2D eigenvalue weighted by Crippen LogP contribution is -2.43. The predicted molar refractivity (Wildman–Crippen MR) is 94.6 cm³/mol. The zero-order valence-electron chi connectivity index (χ0n) is 14.3. The SMILES string of the molecule is CCC(C)(CC(C)C)C(O)NCc1ccc2ccccc2c1. The van der Waals surface area contributed by atoms with Crippen LogP contribution < -0.4 is 5.32 Å². The van der Waals surface area contributed by atoms with Crippen molar-refractivity contribution in [1.29, 1.82) is 0 Å². The van der Waals surface area contributed by atoms with Crippen LogP contribution in [0.1, 0.15) is 46.1 Å². The summed E-state index contributed by atoms with van der Waals surface area (Å²) in [6.45, 7) is 9.45. The van der Waals surface area contributed by atoms with Crippen LogP contribution in [0.5, 0.6) is 0 Å². The Morgan fingerprint density at radius 1 is 1.09 bits per heavy atom. The molecule has 0 aliphatic rings. The first-order valence-electron chi connectivity index (χ1n) is 8.34. The van der Waals surface area contributed by atoms with Crippen LogP contribution in [0.3, 0.4) is 0 Å². The topological polar surface area (TPSA) is 32.3 Å². The van der Waals surface area contributed by atoms with Gasteiger partial charge in [-0.1, -0.05) is 64.1 Å². The van der Waals surface area contributed by atoms with E-state index in [9.17, 15) is 5.11 Å². The van der Waals surface area contributed by atoms with E-state index in [1.807, 2.05) is 0 Å². The van der Waals surface area contributed by atoms with Gasteiger partial charge in [-0.3, -0.25) is 5.32 Å². The normalized spacial score (nSPS) is 15.9. The minimum atomic E-state index is -0.480. The second-order valence-electron chi connectivity index (χ2n) is 7.07. The molecule has 2 unspecified atom stereocenters. The zero-order valence-corrected chi connectivity index (χ0v) is 14.3. The number of aliphatic hydroxyl groups is 1. The van der Waals surface area contributed by atoms with Crippen molar-refractivity contribution >= 4 is 10.8 Å². The Labute approximate surface area is 134 Å². The number of aliphatic hydroxyl groups excluding tert-OH is 1. The van der Waals surface area contributed by atoms with Gasteiger partial charge in [0.2, 0.25) is 0 Å². The van der Waals surface area contributed by atoms with Crippen molar-refractivity contribution in [1.82, 2.24) is 5.32 Å². The summed E-state index contributed by atoms with van der Waals surface area (Å²) in [5.41, 5.74) is 1.13. The number of nitrogens with one attached hydrogen (secondary N) is 1. The first-order valence-corrected chi connectivity index (χ1v) is 8.34. The van der Waals surface area contributed by atoms with E-state index < -0.39 is 6.23 Å².